The summed E-state index contributed by atoms with van der Waals surface area (Å²) >= 11 is 0.832. The Hall–Kier alpha value is -3.78. The van der Waals surface area contributed by atoms with Crippen LogP contribution in [0.4, 0.5) is 10.7 Å². The quantitative estimate of drug-likeness (QED) is 0.346. The number of carbonyl (C=O) groups excluding carboxylic acids is 3. The van der Waals surface area contributed by atoms with Crippen LogP contribution >= 0.6 is 11.3 Å². The van der Waals surface area contributed by atoms with Crippen LogP contribution in [0, 0.1) is 21.4 Å². The van der Waals surface area contributed by atoms with Gasteiger partial charge in [-0.15, -0.1) is 11.3 Å². The van der Waals surface area contributed by atoms with Gasteiger partial charge in [0.25, 0.3) is 17.5 Å². The van der Waals surface area contributed by atoms with E-state index in [9.17, 15) is 29.8 Å². The number of nitriles is 1. The number of esters is 1. The highest BCUT2D eigenvalue weighted by atomic mass is 32.1. The van der Waals surface area contributed by atoms with Crippen molar-refractivity contribution < 1.29 is 24.0 Å². The summed E-state index contributed by atoms with van der Waals surface area (Å²) in [6.07, 6.45) is 0. The number of fused-ring (bicyclic) bond motifs is 1. The van der Waals surface area contributed by atoms with Crippen LogP contribution in [-0.2, 0) is 11.3 Å². The molecule has 3 rings (SSSR count). The highest BCUT2D eigenvalue weighted by Crippen LogP contribution is 2.35. The number of benzene rings is 1. The summed E-state index contributed by atoms with van der Waals surface area (Å²) in [5.74, 6) is -2.16. The van der Waals surface area contributed by atoms with E-state index in [2.05, 4.69) is 0 Å². The van der Waals surface area contributed by atoms with Crippen LogP contribution in [0.2, 0.25) is 0 Å². The van der Waals surface area contributed by atoms with Gasteiger partial charge in [-0.05, 0) is 13.0 Å². The first-order valence-corrected chi connectivity index (χ1v) is 8.74. The van der Waals surface area contributed by atoms with Gasteiger partial charge in [-0.25, -0.2) is 4.79 Å². The number of ether oxygens (including phenoxy) is 1. The third-order valence-electron chi connectivity index (χ3n) is 4.09. The van der Waals surface area contributed by atoms with E-state index in [-0.39, 0.29) is 51.0 Å². The lowest BCUT2D eigenvalue weighted by atomic mass is 10.1. The molecule has 0 atom stereocenters. The van der Waals surface area contributed by atoms with E-state index >= 15 is 0 Å². The largest absolute Gasteiger partial charge is 0.462 e. The van der Waals surface area contributed by atoms with Gasteiger partial charge in [0.05, 0.1) is 34.8 Å². The zero-order valence-electron chi connectivity index (χ0n) is 14.4. The van der Waals surface area contributed by atoms with E-state index in [0.29, 0.717) is 0 Å². The van der Waals surface area contributed by atoms with Gasteiger partial charge >= 0.3 is 5.97 Å². The second-order valence-electron chi connectivity index (χ2n) is 5.66. The minimum Gasteiger partial charge on any atom is -0.462 e. The van der Waals surface area contributed by atoms with Crippen molar-refractivity contribution in [3.8, 4) is 6.07 Å². The second-order valence-corrected chi connectivity index (χ2v) is 6.72. The lowest BCUT2D eigenvalue weighted by molar-refractivity contribution is -0.384. The molecule has 0 unspecified atom stereocenters. The van der Waals surface area contributed by atoms with E-state index < -0.39 is 22.7 Å². The molecule has 0 radical (unpaired) electrons. The zero-order valence-corrected chi connectivity index (χ0v) is 15.2. The highest BCUT2D eigenvalue weighted by Gasteiger charge is 2.38. The first-order valence-electron chi connectivity index (χ1n) is 7.93. The number of imide groups is 1. The van der Waals surface area contributed by atoms with Gasteiger partial charge in [0.15, 0.2) is 0 Å². The van der Waals surface area contributed by atoms with E-state index in [1.54, 1.807) is 6.92 Å². The summed E-state index contributed by atoms with van der Waals surface area (Å²) in [6, 6.07) is 5.22. The summed E-state index contributed by atoms with van der Waals surface area (Å²) in [4.78, 5) is 48.5. The number of nitrogens with zero attached hydrogens (tertiary/aromatic N) is 3. The molecule has 2 heterocycles. The molecule has 0 saturated heterocycles. The maximum atomic E-state index is 12.7. The molecule has 2 aromatic rings. The summed E-state index contributed by atoms with van der Waals surface area (Å²) in [6.45, 7) is 1.32. The summed E-state index contributed by atoms with van der Waals surface area (Å²) in [5, 5.41) is 20.3. The molecule has 1 aromatic carbocycles. The second kappa shape index (κ2) is 7.09. The van der Waals surface area contributed by atoms with E-state index in [1.165, 1.54) is 6.07 Å². The molecule has 1 aromatic heterocycles. The fourth-order valence-corrected chi connectivity index (χ4v) is 3.74. The van der Waals surface area contributed by atoms with Crippen molar-refractivity contribution in [2.45, 2.75) is 13.5 Å². The van der Waals surface area contributed by atoms with E-state index in [0.717, 1.165) is 28.4 Å². The monoisotopic (exact) mass is 400 g/mol. The Kier molecular flexibility index (Phi) is 4.81. The first kappa shape index (κ1) is 19.0. The van der Waals surface area contributed by atoms with E-state index in [1.807, 2.05) is 6.07 Å². The minimum absolute atomic E-state index is 0.00925. The summed E-state index contributed by atoms with van der Waals surface area (Å²) < 4.78 is 4.95. The number of hydrogen-bond acceptors (Lipinski definition) is 9. The van der Waals surface area contributed by atoms with Gasteiger partial charge < -0.3 is 10.5 Å². The number of nitro benzene ring substituents is 1. The van der Waals surface area contributed by atoms with Crippen molar-refractivity contribution >= 4 is 39.8 Å². The number of hydrogen-bond donors (Lipinski definition) is 1. The molecule has 142 valence electrons. The van der Waals surface area contributed by atoms with Crippen LogP contribution < -0.4 is 5.73 Å². The predicted octanol–water partition coefficient (Wildman–Crippen LogP) is 2.08. The number of non-ortho nitro benzene ring substituents is 1. The minimum atomic E-state index is -0.757. The maximum Gasteiger partial charge on any atom is 0.348 e. The molecule has 0 spiro atoms. The molecule has 0 fully saturated rings. The number of carbonyl (C=O) groups is 3. The third-order valence-corrected chi connectivity index (χ3v) is 5.13. The molecule has 2 N–H and O–H groups in total. The zero-order chi connectivity index (χ0) is 20.6. The Labute approximate surface area is 161 Å². The Morgan fingerprint density at radius 2 is 2.04 bits per heavy atom. The van der Waals surface area contributed by atoms with Gasteiger partial charge in [0.1, 0.15) is 15.9 Å². The number of nitrogens with two attached hydrogens (primary N) is 1. The summed E-state index contributed by atoms with van der Waals surface area (Å²) in [5.41, 5.74) is 5.45. The number of nitro groups is 1. The smallest absolute Gasteiger partial charge is 0.348 e. The molecule has 28 heavy (non-hydrogen) atoms. The van der Waals surface area contributed by atoms with E-state index in [4.69, 9.17) is 10.5 Å². The fraction of sp³-hybridized carbons (Fsp3) is 0.176. The van der Waals surface area contributed by atoms with Crippen molar-refractivity contribution in [2.75, 3.05) is 12.3 Å². The van der Waals surface area contributed by atoms with Crippen LogP contribution in [0.25, 0.3) is 0 Å². The number of anilines is 1. The van der Waals surface area contributed by atoms with Crippen LogP contribution in [0.15, 0.2) is 18.2 Å². The Morgan fingerprint density at radius 1 is 1.36 bits per heavy atom. The maximum absolute atomic E-state index is 12.7. The Bertz CT molecular complexity index is 1080. The standard InChI is InChI=1S/C17H12N4O6S/c1-2-27-17(24)13-12(11(6-18)14(19)28-13)7-20-15(22)9-4-3-8(21(25)26)5-10(9)16(20)23/h3-5H,2,7,19H2,1H3. The van der Waals surface area contributed by atoms with Crippen LogP contribution in [0.1, 0.15) is 48.4 Å². The molecule has 0 saturated carbocycles. The Balaban J connectivity index is 2.02. The molecule has 0 bridgehead atoms. The van der Waals surface area contributed by atoms with Crippen LogP contribution in [0.5, 0.6) is 0 Å². The highest BCUT2D eigenvalue weighted by molar-refractivity contribution is 7.18. The van der Waals surface area contributed by atoms with Crippen molar-refractivity contribution in [1.29, 1.82) is 5.26 Å². The van der Waals surface area contributed by atoms with Crippen LogP contribution in [-0.4, -0.2) is 34.2 Å². The number of thiophene rings is 1. The number of amides is 2. The fourth-order valence-electron chi connectivity index (χ4n) is 2.81. The van der Waals surface area contributed by atoms with Gasteiger partial charge in [0.2, 0.25) is 0 Å². The molecule has 1 aliphatic rings. The van der Waals surface area contributed by atoms with Crippen molar-refractivity contribution in [2.24, 2.45) is 0 Å². The topological polar surface area (TPSA) is 157 Å². The Morgan fingerprint density at radius 3 is 2.64 bits per heavy atom. The summed E-state index contributed by atoms with van der Waals surface area (Å²) in [7, 11) is 0. The molecule has 10 nitrogen and oxygen atoms in total. The molecular formula is C17H12N4O6S. The number of nitrogen functional groups attached to an aromatic ring is 1. The lowest BCUT2D eigenvalue weighted by Crippen LogP contribution is -2.30. The van der Waals surface area contributed by atoms with Gasteiger partial charge in [-0.2, -0.15) is 5.26 Å². The van der Waals surface area contributed by atoms with Crippen molar-refractivity contribution in [3.05, 3.63) is 55.4 Å². The third kappa shape index (κ3) is 2.95. The normalized spacial score (nSPS) is 12.6. The van der Waals surface area contributed by atoms with Gasteiger partial charge in [-0.1, -0.05) is 0 Å². The molecule has 2 amide bonds. The molecular weight excluding hydrogens is 388 g/mol. The van der Waals surface area contributed by atoms with Gasteiger partial charge in [-0.3, -0.25) is 24.6 Å². The molecule has 11 heteroatoms. The lowest BCUT2D eigenvalue weighted by Gasteiger charge is -2.14. The van der Waals surface area contributed by atoms with Crippen molar-refractivity contribution in [3.63, 3.8) is 0 Å². The SMILES string of the molecule is CCOC(=O)c1sc(N)c(C#N)c1CN1C(=O)c2ccc([N+](=O)[O-])cc2C1=O. The van der Waals surface area contributed by atoms with Crippen LogP contribution in [0.3, 0.4) is 0 Å². The number of rotatable bonds is 5. The average molecular weight is 400 g/mol. The van der Waals surface area contributed by atoms with Gasteiger partial charge in [0, 0.05) is 17.7 Å². The first-order chi connectivity index (χ1) is 13.3. The predicted molar refractivity (Wildman–Crippen MR) is 96.7 cm³/mol. The van der Waals surface area contributed by atoms with Crippen molar-refractivity contribution in [1.82, 2.24) is 4.90 Å². The average Bonchev–Trinajstić information content (AvgIpc) is 3.10. The molecule has 0 aliphatic carbocycles. The molecule has 1 aliphatic heterocycles.